The van der Waals surface area contributed by atoms with E-state index in [1.165, 1.54) is 7.11 Å². The van der Waals surface area contributed by atoms with Crippen molar-refractivity contribution in [1.82, 2.24) is 0 Å². The number of hydrogen-bond donors (Lipinski definition) is 0. The number of rotatable bonds is 3. The van der Waals surface area contributed by atoms with Gasteiger partial charge in [-0.25, -0.2) is 0 Å². The van der Waals surface area contributed by atoms with Crippen LogP contribution >= 0.6 is 0 Å². The highest BCUT2D eigenvalue weighted by Crippen LogP contribution is 2.40. The molecule has 1 saturated heterocycles. The van der Waals surface area contributed by atoms with Crippen molar-refractivity contribution in [3.63, 3.8) is 0 Å². The second-order valence-electron chi connectivity index (χ2n) is 6.61. The molecule has 0 amide bonds. The first-order valence-corrected chi connectivity index (χ1v) is 9.35. The Morgan fingerprint density at radius 3 is 2.00 bits per heavy atom. The highest BCUT2D eigenvalue weighted by Gasteiger charge is 2.50. The highest BCUT2D eigenvalue weighted by molar-refractivity contribution is 6.74. The van der Waals surface area contributed by atoms with Crippen LogP contribution in [0.15, 0.2) is 0 Å². The van der Waals surface area contributed by atoms with Gasteiger partial charge in [0.2, 0.25) is 0 Å². The molecule has 0 N–H and O–H groups in total. The Labute approximate surface area is 116 Å². The summed E-state index contributed by atoms with van der Waals surface area (Å²) in [5.74, 6) is -1.09. The third-order valence-corrected chi connectivity index (χ3v) is 8.48. The van der Waals surface area contributed by atoms with Gasteiger partial charge in [-0.2, -0.15) is 5.26 Å². The fourth-order valence-corrected chi connectivity index (χ4v) is 2.93. The molecule has 0 bridgehead atoms. The molecule has 19 heavy (non-hydrogen) atoms. The number of methoxy groups -OCH3 is 1. The zero-order chi connectivity index (χ0) is 14.9. The SMILES string of the molecule is COC1(C)OCC(C#N)(O[Si](C)(C)C(C)(C)C)CO1. The van der Waals surface area contributed by atoms with E-state index in [9.17, 15) is 5.26 Å². The van der Waals surface area contributed by atoms with Crippen LogP contribution < -0.4 is 0 Å². The minimum absolute atomic E-state index is 0.0266. The first-order chi connectivity index (χ1) is 8.49. The number of ether oxygens (including phenoxy) is 3. The van der Waals surface area contributed by atoms with Crippen LogP contribution in [-0.2, 0) is 18.6 Å². The van der Waals surface area contributed by atoms with Crippen molar-refractivity contribution >= 4 is 8.32 Å². The molecule has 0 atom stereocenters. The molecule has 5 nitrogen and oxygen atoms in total. The van der Waals surface area contributed by atoms with E-state index >= 15 is 0 Å². The molecule has 0 aromatic carbocycles. The van der Waals surface area contributed by atoms with Gasteiger partial charge in [-0.3, -0.25) is 0 Å². The average molecular weight is 287 g/mol. The molecule has 1 aliphatic rings. The Hall–Kier alpha value is -0.453. The monoisotopic (exact) mass is 287 g/mol. The maximum absolute atomic E-state index is 9.46. The molecule has 0 aliphatic carbocycles. The van der Waals surface area contributed by atoms with Crippen molar-refractivity contribution in [1.29, 1.82) is 5.26 Å². The third kappa shape index (κ3) is 3.55. The molecule has 0 aromatic heterocycles. The Bertz CT molecular complexity index is 362. The standard InChI is InChI=1S/C13H25NO4Si/c1-11(2,3)19(6,7)18-13(8-14)9-16-12(4,15-5)17-10-13/h9-10H2,1-7H3. The van der Waals surface area contributed by atoms with E-state index in [4.69, 9.17) is 18.6 Å². The summed E-state index contributed by atoms with van der Waals surface area (Å²) in [6.45, 7) is 12.6. The van der Waals surface area contributed by atoms with E-state index in [0.717, 1.165) is 0 Å². The normalized spacial score (nSPS) is 32.9. The molecule has 0 unspecified atom stereocenters. The second kappa shape index (κ2) is 5.15. The smallest absolute Gasteiger partial charge is 0.279 e. The summed E-state index contributed by atoms with van der Waals surface area (Å²) in [6.07, 6.45) is 0. The number of hydrogen-bond acceptors (Lipinski definition) is 5. The third-order valence-electron chi connectivity index (χ3n) is 3.97. The molecule has 0 radical (unpaired) electrons. The molecule has 0 spiro atoms. The quantitative estimate of drug-likeness (QED) is 0.747. The van der Waals surface area contributed by atoms with Gasteiger partial charge in [0.25, 0.3) is 5.97 Å². The minimum atomic E-state index is -2.07. The van der Waals surface area contributed by atoms with E-state index in [2.05, 4.69) is 39.9 Å². The summed E-state index contributed by atoms with van der Waals surface area (Å²) >= 11 is 0. The molecule has 110 valence electrons. The Morgan fingerprint density at radius 2 is 1.68 bits per heavy atom. The number of nitriles is 1. The number of nitrogens with zero attached hydrogens (tertiary/aromatic N) is 1. The highest BCUT2D eigenvalue weighted by atomic mass is 28.4. The van der Waals surface area contributed by atoms with Crippen LogP contribution in [0.4, 0.5) is 0 Å². The lowest BCUT2D eigenvalue weighted by Crippen LogP contribution is -2.59. The second-order valence-corrected chi connectivity index (χ2v) is 11.3. The molecule has 1 aliphatic heterocycles. The zero-order valence-corrected chi connectivity index (χ0v) is 14.0. The van der Waals surface area contributed by atoms with Crippen molar-refractivity contribution in [2.75, 3.05) is 20.3 Å². The summed E-state index contributed by atoms with van der Waals surface area (Å²) in [6, 6.07) is 2.21. The Balaban J connectivity index is 2.84. The van der Waals surface area contributed by atoms with Crippen molar-refractivity contribution in [3.8, 4) is 6.07 Å². The van der Waals surface area contributed by atoms with Crippen LogP contribution in [-0.4, -0.2) is 40.2 Å². The Kier molecular flexibility index (Phi) is 4.50. The fraction of sp³-hybridized carbons (Fsp3) is 0.923. The van der Waals surface area contributed by atoms with Crippen LogP contribution in [0.3, 0.4) is 0 Å². The molecule has 1 heterocycles. The lowest BCUT2D eigenvalue weighted by atomic mass is 10.1. The van der Waals surface area contributed by atoms with Gasteiger partial charge in [-0.1, -0.05) is 20.8 Å². The Morgan fingerprint density at radius 1 is 1.21 bits per heavy atom. The maximum atomic E-state index is 9.46. The topological polar surface area (TPSA) is 60.7 Å². The van der Waals surface area contributed by atoms with E-state index < -0.39 is 19.9 Å². The summed E-state index contributed by atoms with van der Waals surface area (Å²) in [4.78, 5) is 0. The molecule has 1 fully saturated rings. The zero-order valence-electron chi connectivity index (χ0n) is 13.0. The van der Waals surface area contributed by atoms with E-state index in [1.54, 1.807) is 6.92 Å². The first kappa shape index (κ1) is 16.6. The lowest BCUT2D eigenvalue weighted by Gasteiger charge is -2.46. The van der Waals surface area contributed by atoms with E-state index in [-0.39, 0.29) is 18.3 Å². The summed E-state index contributed by atoms with van der Waals surface area (Å²) in [5.41, 5.74) is -1.04. The fourth-order valence-electron chi connectivity index (χ4n) is 1.48. The maximum Gasteiger partial charge on any atom is 0.279 e. The van der Waals surface area contributed by atoms with Crippen molar-refractivity contribution < 1.29 is 18.6 Å². The van der Waals surface area contributed by atoms with Gasteiger partial charge < -0.3 is 18.6 Å². The molecule has 0 aromatic rings. The average Bonchev–Trinajstić information content (AvgIpc) is 2.31. The van der Waals surface area contributed by atoms with Crippen molar-refractivity contribution in [2.45, 2.75) is 57.4 Å². The molecular formula is C13H25NO4Si. The molecular weight excluding hydrogens is 262 g/mol. The molecule has 6 heteroatoms. The molecule has 1 rings (SSSR count). The van der Waals surface area contributed by atoms with Gasteiger partial charge in [-0.05, 0) is 18.1 Å². The summed E-state index contributed by atoms with van der Waals surface area (Å²) < 4.78 is 22.3. The van der Waals surface area contributed by atoms with Gasteiger partial charge in [0.15, 0.2) is 13.9 Å². The lowest BCUT2D eigenvalue weighted by molar-refractivity contribution is -0.401. The summed E-state index contributed by atoms with van der Waals surface area (Å²) in [5, 5.41) is 9.49. The van der Waals surface area contributed by atoms with Gasteiger partial charge in [-0.15, -0.1) is 0 Å². The minimum Gasteiger partial charge on any atom is -0.396 e. The van der Waals surface area contributed by atoms with Gasteiger partial charge in [0, 0.05) is 14.0 Å². The van der Waals surface area contributed by atoms with Crippen LogP contribution in [0, 0.1) is 11.3 Å². The van der Waals surface area contributed by atoms with Crippen LogP contribution in [0.2, 0.25) is 18.1 Å². The predicted octanol–water partition coefficient (Wildman–Crippen LogP) is 2.64. The van der Waals surface area contributed by atoms with Gasteiger partial charge in [0.1, 0.15) is 6.07 Å². The van der Waals surface area contributed by atoms with Gasteiger partial charge >= 0.3 is 0 Å². The van der Waals surface area contributed by atoms with E-state index in [1.807, 2.05) is 0 Å². The van der Waals surface area contributed by atoms with Crippen LogP contribution in [0.5, 0.6) is 0 Å². The van der Waals surface area contributed by atoms with Crippen LogP contribution in [0.1, 0.15) is 27.7 Å². The first-order valence-electron chi connectivity index (χ1n) is 6.44. The largest absolute Gasteiger partial charge is 0.396 e. The summed E-state index contributed by atoms with van der Waals surface area (Å²) in [7, 11) is -0.557. The predicted molar refractivity (Wildman–Crippen MR) is 73.9 cm³/mol. The molecule has 0 saturated carbocycles. The van der Waals surface area contributed by atoms with Gasteiger partial charge in [0.05, 0.1) is 13.2 Å². The van der Waals surface area contributed by atoms with Crippen molar-refractivity contribution in [3.05, 3.63) is 0 Å². The van der Waals surface area contributed by atoms with Crippen LogP contribution in [0.25, 0.3) is 0 Å². The van der Waals surface area contributed by atoms with Crippen molar-refractivity contribution in [2.24, 2.45) is 0 Å². The van der Waals surface area contributed by atoms with E-state index in [0.29, 0.717) is 0 Å².